The fourth-order valence-corrected chi connectivity index (χ4v) is 3.44. The Morgan fingerprint density at radius 2 is 1.83 bits per heavy atom. The van der Waals surface area contributed by atoms with E-state index in [0.29, 0.717) is 0 Å². The molecular formula is C20H18N3+. The Bertz CT molecular complexity index is 885. The molecule has 3 aromatic rings. The van der Waals surface area contributed by atoms with Gasteiger partial charge in [0.25, 0.3) is 5.82 Å². The van der Waals surface area contributed by atoms with Crippen molar-refractivity contribution in [3.63, 3.8) is 0 Å². The largest absolute Gasteiger partial charge is 0.257 e. The van der Waals surface area contributed by atoms with E-state index in [9.17, 15) is 5.26 Å². The summed E-state index contributed by atoms with van der Waals surface area (Å²) in [6.45, 7) is 1.83. The Kier molecular flexibility index (Phi) is 3.44. The smallest absolute Gasteiger partial charge is 0.229 e. The maximum absolute atomic E-state index is 9.31. The van der Waals surface area contributed by atoms with Crippen LogP contribution in [-0.2, 0) is 19.5 Å². The second kappa shape index (κ2) is 5.73. The van der Waals surface area contributed by atoms with E-state index in [2.05, 4.69) is 51.7 Å². The first-order valence-electron chi connectivity index (χ1n) is 8.02. The van der Waals surface area contributed by atoms with Crippen molar-refractivity contribution in [1.82, 2.24) is 4.57 Å². The van der Waals surface area contributed by atoms with Crippen LogP contribution in [0.4, 0.5) is 0 Å². The number of fused-ring (bicyclic) bond motifs is 1. The molecule has 2 heterocycles. The van der Waals surface area contributed by atoms with Gasteiger partial charge in [-0.25, -0.2) is 9.13 Å². The lowest BCUT2D eigenvalue weighted by atomic mass is 10.1. The quantitative estimate of drug-likeness (QED) is 0.683. The molecule has 1 aliphatic rings. The van der Waals surface area contributed by atoms with Gasteiger partial charge >= 0.3 is 0 Å². The summed E-state index contributed by atoms with van der Waals surface area (Å²) in [4.78, 5) is 0. The average molecular weight is 300 g/mol. The van der Waals surface area contributed by atoms with Crippen LogP contribution in [0.3, 0.4) is 0 Å². The first-order valence-corrected chi connectivity index (χ1v) is 8.02. The minimum atomic E-state index is 0.756. The molecule has 0 aliphatic carbocycles. The van der Waals surface area contributed by atoms with Crippen molar-refractivity contribution in [2.24, 2.45) is 0 Å². The van der Waals surface area contributed by atoms with E-state index in [1.807, 2.05) is 24.3 Å². The van der Waals surface area contributed by atoms with Gasteiger partial charge in [-0.05, 0) is 12.5 Å². The highest BCUT2D eigenvalue weighted by atomic mass is 15.2. The van der Waals surface area contributed by atoms with Crippen LogP contribution in [0, 0.1) is 11.3 Å². The van der Waals surface area contributed by atoms with Gasteiger partial charge in [-0.15, -0.1) is 0 Å². The van der Waals surface area contributed by atoms with Crippen LogP contribution in [0.5, 0.6) is 0 Å². The van der Waals surface area contributed by atoms with Crippen LogP contribution in [0.25, 0.3) is 11.3 Å². The van der Waals surface area contributed by atoms with Crippen LogP contribution >= 0.6 is 0 Å². The number of nitrogens with zero attached hydrogens (tertiary/aromatic N) is 3. The lowest BCUT2D eigenvalue weighted by Gasteiger charge is -2.02. The molecular weight excluding hydrogens is 282 g/mol. The number of rotatable bonds is 3. The molecule has 0 atom stereocenters. The number of imidazole rings is 1. The fourth-order valence-electron chi connectivity index (χ4n) is 3.44. The topological polar surface area (TPSA) is 32.6 Å². The van der Waals surface area contributed by atoms with Crippen molar-refractivity contribution < 1.29 is 4.57 Å². The van der Waals surface area contributed by atoms with Crippen LogP contribution < -0.4 is 4.57 Å². The minimum absolute atomic E-state index is 0.756. The van der Waals surface area contributed by atoms with Crippen molar-refractivity contribution in [2.75, 3.05) is 0 Å². The minimum Gasteiger partial charge on any atom is -0.229 e. The predicted octanol–water partition coefficient (Wildman–Crippen LogP) is 3.31. The van der Waals surface area contributed by atoms with Crippen LogP contribution in [0.1, 0.15) is 23.4 Å². The first-order chi connectivity index (χ1) is 11.4. The van der Waals surface area contributed by atoms with Gasteiger partial charge in [-0.3, -0.25) is 0 Å². The predicted molar refractivity (Wildman–Crippen MR) is 88.6 cm³/mol. The molecule has 0 amide bonds. The van der Waals surface area contributed by atoms with Crippen molar-refractivity contribution in [2.45, 2.75) is 25.9 Å². The van der Waals surface area contributed by atoms with E-state index in [0.717, 1.165) is 30.6 Å². The molecule has 0 radical (unpaired) electrons. The fraction of sp³-hybridized carbons (Fsp3) is 0.200. The molecule has 1 aliphatic heterocycles. The molecule has 0 saturated carbocycles. The van der Waals surface area contributed by atoms with Crippen LogP contribution in [0.15, 0.2) is 60.8 Å². The third-order valence-electron chi connectivity index (χ3n) is 4.54. The van der Waals surface area contributed by atoms with Crippen molar-refractivity contribution in [1.29, 1.82) is 5.26 Å². The molecule has 0 fully saturated rings. The van der Waals surface area contributed by atoms with Gasteiger partial charge in [-0.2, -0.15) is 5.26 Å². The second-order valence-corrected chi connectivity index (χ2v) is 5.95. The zero-order valence-electron chi connectivity index (χ0n) is 12.9. The van der Waals surface area contributed by atoms with Gasteiger partial charge in [0.1, 0.15) is 12.7 Å². The summed E-state index contributed by atoms with van der Waals surface area (Å²) in [6, 6.07) is 20.7. The summed E-state index contributed by atoms with van der Waals surface area (Å²) >= 11 is 0. The molecule has 2 aromatic carbocycles. The van der Waals surface area contributed by atoms with E-state index in [-0.39, 0.29) is 0 Å². The third kappa shape index (κ3) is 2.43. The molecule has 112 valence electrons. The maximum Gasteiger partial charge on any atom is 0.257 e. The number of aromatic nitrogens is 2. The van der Waals surface area contributed by atoms with Crippen molar-refractivity contribution >= 4 is 0 Å². The molecule has 1 aromatic heterocycles. The average Bonchev–Trinajstić information content (AvgIpc) is 3.20. The molecule has 0 N–H and O–H groups in total. The highest BCUT2D eigenvalue weighted by Gasteiger charge is 2.28. The maximum atomic E-state index is 9.31. The van der Waals surface area contributed by atoms with E-state index >= 15 is 0 Å². The molecule has 23 heavy (non-hydrogen) atoms. The molecule has 0 unspecified atom stereocenters. The van der Waals surface area contributed by atoms with Gasteiger partial charge < -0.3 is 0 Å². The molecule has 3 heteroatoms. The Morgan fingerprint density at radius 1 is 1.04 bits per heavy atom. The number of hydrogen-bond donors (Lipinski definition) is 0. The molecule has 0 bridgehead atoms. The summed E-state index contributed by atoms with van der Waals surface area (Å²) in [5, 5.41) is 9.31. The van der Waals surface area contributed by atoms with E-state index in [1.165, 1.54) is 23.5 Å². The molecule has 0 spiro atoms. The van der Waals surface area contributed by atoms with Gasteiger partial charge in [-0.1, -0.05) is 48.5 Å². The normalized spacial score (nSPS) is 12.8. The lowest BCUT2D eigenvalue weighted by molar-refractivity contribution is -0.694. The SMILES string of the molecule is N#Cc1ccccc1C[n+]1cc(-c2ccccc2)n2c1CCC2. The van der Waals surface area contributed by atoms with Crippen LogP contribution in [0.2, 0.25) is 0 Å². The van der Waals surface area contributed by atoms with E-state index in [4.69, 9.17) is 0 Å². The summed E-state index contributed by atoms with van der Waals surface area (Å²) in [5.41, 5.74) is 4.37. The Hall–Kier alpha value is -2.86. The third-order valence-corrected chi connectivity index (χ3v) is 4.54. The number of benzene rings is 2. The number of hydrogen-bond acceptors (Lipinski definition) is 1. The molecule has 4 rings (SSSR count). The summed E-state index contributed by atoms with van der Waals surface area (Å²) in [6.07, 6.45) is 4.52. The monoisotopic (exact) mass is 300 g/mol. The van der Waals surface area contributed by atoms with Crippen molar-refractivity contribution in [3.05, 3.63) is 77.7 Å². The summed E-state index contributed by atoms with van der Waals surface area (Å²) in [5.74, 6) is 1.36. The summed E-state index contributed by atoms with van der Waals surface area (Å²) in [7, 11) is 0. The second-order valence-electron chi connectivity index (χ2n) is 5.95. The van der Waals surface area contributed by atoms with Gasteiger partial charge in [0, 0.05) is 11.1 Å². The first kappa shape index (κ1) is 13.8. The Labute approximate surface area is 136 Å². The Balaban J connectivity index is 1.78. The molecule has 3 nitrogen and oxygen atoms in total. The van der Waals surface area contributed by atoms with E-state index in [1.54, 1.807) is 0 Å². The van der Waals surface area contributed by atoms with E-state index < -0.39 is 0 Å². The van der Waals surface area contributed by atoms with Crippen molar-refractivity contribution in [3.8, 4) is 17.3 Å². The molecule has 0 saturated heterocycles. The van der Waals surface area contributed by atoms with Gasteiger partial charge in [0.15, 0.2) is 5.69 Å². The standard InChI is InChI=1S/C20H18N3/c21-13-17-9-4-5-10-18(17)14-22-15-19(16-7-2-1-3-8-16)23-12-6-11-20(22)23/h1-5,7-10,15H,6,11-12,14H2/q+1. The zero-order valence-corrected chi connectivity index (χ0v) is 12.9. The zero-order chi connectivity index (χ0) is 15.6. The van der Waals surface area contributed by atoms with Crippen LogP contribution in [-0.4, -0.2) is 4.57 Å². The van der Waals surface area contributed by atoms with Gasteiger partial charge in [0.05, 0.1) is 24.6 Å². The lowest BCUT2D eigenvalue weighted by Crippen LogP contribution is -2.36. The summed E-state index contributed by atoms with van der Waals surface area (Å²) < 4.78 is 4.73. The Morgan fingerprint density at radius 3 is 2.65 bits per heavy atom. The number of nitriles is 1. The highest BCUT2D eigenvalue weighted by Crippen LogP contribution is 2.24. The highest BCUT2D eigenvalue weighted by molar-refractivity contribution is 5.58. The van der Waals surface area contributed by atoms with Gasteiger partial charge in [0.2, 0.25) is 0 Å².